The third-order valence-corrected chi connectivity index (χ3v) is 4.03. The molecular weight excluding hydrogens is 396 g/mol. The number of hydrogen-bond donors (Lipinski definition) is 0. The van der Waals surface area contributed by atoms with Crippen molar-refractivity contribution in [2.75, 3.05) is 0 Å². The Morgan fingerprint density at radius 2 is 2.10 bits per heavy atom. The molecule has 0 fully saturated rings. The van der Waals surface area contributed by atoms with Crippen molar-refractivity contribution in [2.45, 2.75) is 6.54 Å². The van der Waals surface area contributed by atoms with Crippen molar-refractivity contribution in [2.24, 2.45) is 0 Å². The standard InChI is InChI=1S/C14H8ClFINO2/c15-10-2-1-3-11(16)9(10)7-18-12-5-4-8(17)6-13(12)20-14(18)19/h1-6H,7H2. The van der Waals surface area contributed by atoms with Crippen LogP contribution in [0.25, 0.3) is 11.1 Å². The maximum absolute atomic E-state index is 13.8. The van der Waals surface area contributed by atoms with Crippen molar-refractivity contribution < 1.29 is 8.81 Å². The van der Waals surface area contributed by atoms with Gasteiger partial charge in [-0.2, -0.15) is 0 Å². The van der Waals surface area contributed by atoms with E-state index in [1.54, 1.807) is 18.2 Å². The van der Waals surface area contributed by atoms with Gasteiger partial charge in [0.1, 0.15) is 5.82 Å². The average molecular weight is 404 g/mol. The van der Waals surface area contributed by atoms with Gasteiger partial charge in [0, 0.05) is 14.2 Å². The maximum Gasteiger partial charge on any atom is 0.420 e. The lowest BCUT2D eigenvalue weighted by atomic mass is 10.2. The number of oxazole rings is 1. The molecule has 0 saturated carbocycles. The van der Waals surface area contributed by atoms with E-state index in [1.807, 2.05) is 6.07 Å². The molecule has 3 nitrogen and oxygen atoms in total. The summed E-state index contributed by atoms with van der Waals surface area (Å²) in [7, 11) is 0. The quantitative estimate of drug-likeness (QED) is 0.606. The van der Waals surface area contributed by atoms with Gasteiger partial charge in [-0.25, -0.2) is 9.18 Å². The van der Waals surface area contributed by atoms with E-state index < -0.39 is 11.6 Å². The number of rotatable bonds is 2. The molecule has 20 heavy (non-hydrogen) atoms. The number of aromatic nitrogens is 1. The predicted octanol–water partition coefficient (Wildman–Crippen LogP) is 4.04. The zero-order chi connectivity index (χ0) is 14.3. The zero-order valence-electron chi connectivity index (χ0n) is 10.1. The van der Waals surface area contributed by atoms with Crippen LogP contribution in [0.3, 0.4) is 0 Å². The molecule has 0 saturated heterocycles. The summed E-state index contributed by atoms with van der Waals surface area (Å²) in [5, 5.41) is 0.289. The van der Waals surface area contributed by atoms with Crippen LogP contribution < -0.4 is 5.76 Å². The SMILES string of the molecule is O=c1oc2cc(I)ccc2n1Cc1c(F)cccc1Cl. The number of hydrogen-bond acceptors (Lipinski definition) is 2. The molecule has 0 aliphatic carbocycles. The first-order chi connectivity index (χ1) is 9.56. The van der Waals surface area contributed by atoms with E-state index in [-0.39, 0.29) is 17.1 Å². The Morgan fingerprint density at radius 3 is 2.85 bits per heavy atom. The first kappa shape index (κ1) is 13.6. The summed E-state index contributed by atoms with van der Waals surface area (Å²) in [6.07, 6.45) is 0. The first-order valence-corrected chi connectivity index (χ1v) is 7.24. The molecule has 3 aromatic rings. The van der Waals surface area contributed by atoms with Crippen molar-refractivity contribution in [1.82, 2.24) is 4.57 Å². The largest absolute Gasteiger partial charge is 0.420 e. The number of benzene rings is 2. The van der Waals surface area contributed by atoms with Gasteiger partial charge in [0.25, 0.3) is 0 Å². The Balaban J connectivity index is 2.16. The summed E-state index contributed by atoms with van der Waals surface area (Å²) in [5.74, 6) is -0.967. The molecule has 6 heteroatoms. The van der Waals surface area contributed by atoms with E-state index in [2.05, 4.69) is 22.6 Å². The fraction of sp³-hybridized carbons (Fsp3) is 0.0714. The van der Waals surface area contributed by atoms with Crippen LogP contribution in [0, 0.1) is 9.39 Å². The molecule has 0 unspecified atom stereocenters. The van der Waals surface area contributed by atoms with Crippen molar-refractivity contribution in [1.29, 1.82) is 0 Å². The van der Waals surface area contributed by atoms with Crippen LogP contribution in [0.15, 0.2) is 45.6 Å². The third kappa shape index (κ3) is 2.35. The molecule has 0 bridgehead atoms. The second kappa shape index (κ2) is 5.21. The molecule has 1 aromatic heterocycles. The average Bonchev–Trinajstić information content (AvgIpc) is 2.69. The lowest BCUT2D eigenvalue weighted by Gasteiger charge is -2.06. The summed E-state index contributed by atoms with van der Waals surface area (Å²) in [5.41, 5.74) is 1.38. The monoisotopic (exact) mass is 403 g/mol. The lowest BCUT2D eigenvalue weighted by Crippen LogP contribution is -2.15. The van der Waals surface area contributed by atoms with Gasteiger partial charge >= 0.3 is 5.76 Å². The molecule has 0 amide bonds. The molecule has 0 N–H and O–H groups in total. The predicted molar refractivity (Wildman–Crippen MR) is 83.7 cm³/mol. The normalized spacial score (nSPS) is 11.2. The van der Waals surface area contributed by atoms with Crippen molar-refractivity contribution >= 4 is 45.3 Å². The van der Waals surface area contributed by atoms with Gasteiger partial charge in [-0.05, 0) is 52.9 Å². The van der Waals surface area contributed by atoms with E-state index in [4.69, 9.17) is 16.0 Å². The first-order valence-electron chi connectivity index (χ1n) is 5.78. The lowest BCUT2D eigenvalue weighted by molar-refractivity contribution is 0.512. The molecular formula is C14H8ClFINO2. The molecule has 2 aromatic carbocycles. The van der Waals surface area contributed by atoms with Crippen LogP contribution >= 0.6 is 34.2 Å². The number of nitrogens with zero attached hydrogens (tertiary/aromatic N) is 1. The van der Waals surface area contributed by atoms with Gasteiger partial charge in [0.05, 0.1) is 12.1 Å². The zero-order valence-corrected chi connectivity index (χ0v) is 13.0. The smallest absolute Gasteiger partial charge is 0.408 e. The minimum absolute atomic E-state index is 0.0396. The highest BCUT2D eigenvalue weighted by Gasteiger charge is 2.14. The summed E-state index contributed by atoms with van der Waals surface area (Å²) in [4.78, 5) is 11.9. The van der Waals surface area contributed by atoms with Crippen molar-refractivity contribution in [3.05, 3.63) is 66.9 Å². The van der Waals surface area contributed by atoms with Gasteiger partial charge in [-0.3, -0.25) is 4.57 Å². The van der Waals surface area contributed by atoms with Crippen LogP contribution in [0.1, 0.15) is 5.56 Å². The van der Waals surface area contributed by atoms with Crippen LogP contribution in [-0.4, -0.2) is 4.57 Å². The Labute approximate surface area is 132 Å². The Kier molecular flexibility index (Phi) is 3.55. The van der Waals surface area contributed by atoms with Crippen LogP contribution in [-0.2, 0) is 6.54 Å². The number of halogens is 3. The minimum Gasteiger partial charge on any atom is -0.408 e. The van der Waals surface area contributed by atoms with Crippen molar-refractivity contribution in [3.63, 3.8) is 0 Å². The van der Waals surface area contributed by atoms with Crippen molar-refractivity contribution in [3.8, 4) is 0 Å². The van der Waals surface area contributed by atoms with Crippen LogP contribution in [0.4, 0.5) is 4.39 Å². The topological polar surface area (TPSA) is 35.1 Å². The molecule has 1 heterocycles. The second-order valence-electron chi connectivity index (χ2n) is 4.27. The van der Waals surface area contributed by atoms with E-state index in [1.165, 1.54) is 16.7 Å². The Morgan fingerprint density at radius 1 is 1.30 bits per heavy atom. The van der Waals surface area contributed by atoms with E-state index in [0.29, 0.717) is 11.1 Å². The highest BCUT2D eigenvalue weighted by atomic mass is 127. The molecule has 0 aliphatic rings. The van der Waals surface area contributed by atoms with E-state index in [0.717, 1.165) is 3.57 Å². The molecule has 0 spiro atoms. The van der Waals surface area contributed by atoms with Gasteiger partial charge in [-0.1, -0.05) is 17.7 Å². The van der Waals surface area contributed by atoms with Gasteiger partial charge < -0.3 is 4.42 Å². The highest BCUT2D eigenvalue weighted by molar-refractivity contribution is 14.1. The molecule has 102 valence electrons. The fourth-order valence-corrected chi connectivity index (χ4v) is 2.72. The van der Waals surface area contributed by atoms with E-state index in [9.17, 15) is 9.18 Å². The summed E-state index contributed by atoms with van der Waals surface area (Å²) < 4.78 is 21.3. The van der Waals surface area contributed by atoms with Gasteiger partial charge in [-0.15, -0.1) is 0 Å². The van der Waals surface area contributed by atoms with Crippen LogP contribution in [0.5, 0.6) is 0 Å². The third-order valence-electron chi connectivity index (χ3n) is 3.01. The summed E-state index contributed by atoms with van der Waals surface area (Å²) in [6.45, 7) is 0.0396. The number of fused-ring (bicyclic) bond motifs is 1. The minimum atomic E-state index is -0.527. The molecule has 0 aliphatic heterocycles. The maximum atomic E-state index is 13.8. The fourth-order valence-electron chi connectivity index (χ4n) is 2.03. The second-order valence-corrected chi connectivity index (χ2v) is 5.92. The van der Waals surface area contributed by atoms with E-state index >= 15 is 0 Å². The Hall–Kier alpha value is -1.34. The Bertz CT molecular complexity index is 836. The molecule has 0 radical (unpaired) electrons. The van der Waals surface area contributed by atoms with Crippen LogP contribution in [0.2, 0.25) is 5.02 Å². The molecule has 0 atom stereocenters. The summed E-state index contributed by atoms with van der Waals surface area (Å²) in [6, 6.07) is 9.83. The van der Waals surface area contributed by atoms with Gasteiger partial charge in [0.15, 0.2) is 5.58 Å². The van der Waals surface area contributed by atoms with Gasteiger partial charge in [0.2, 0.25) is 0 Å². The highest BCUT2D eigenvalue weighted by Crippen LogP contribution is 2.22. The summed E-state index contributed by atoms with van der Waals surface area (Å²) >= 11 is 8.12. The molecule has 3 rings (SSSR count).